The highest BCUT2D eigenvalue weighted by molar-refractivity contribution is 8.00. The molecule has 0 aliphatic carbocycles. The van der Waals surface area contributed by atoms with Crippen LogP contribution in [0.3, 0.4) is 0 Å². The van der Waals surface area contributed by atoms with Crippen LogP contribution in [-0.2, 0) is 9.59 Å². The first-order chi connectivity index (χ1) is 24.3. The van der Waals surface area contributed by atoms with Crippen LogP contribution in [0.5, 0.6) is 0 Å². The number of pyridine rings is 1. The van der Waals surface area contributed by atoms with Gasteiger partial charge in [0.15, 0.2) is 5.13 Å². The minimum absolute atomic E-state index is 0.0372. The molecule has 1 atom stereocenters. The maximum absolute atomic E-state index is 13.8. The first kappa shape index (κ1) is 34.6. The number of nitrogens with one attached hydrogen (secondary N) is 3. The molecule has 2 aromatic heterocycles. The molecule has 12 heteroatoms. The van der Waals surface area contributed by atoms with Crippen molar-refractivity contribution in [3.63, 3.8) is 0 Å². The molecule has 0 saturated heterocycles. The van der Waals surface area contributed by atoms with Gasteiger partial charge in [-0.3, -0.25) is 19.4 Å². The average Bonchev–Trinajstić information content (AvgIpc) is 3.61. The zero-order valence-electron chi connectivity index (χ0n) is 26.0. The average molecular weight is 737 g/mol. The fourth-order valence-electron chi connectivity index (χ4n) is 4.74. The predicted molar refractivity (Wildman–Crippen MR) is 202 cm³/mol. The Balaban J connectivity index is 1.20. The van der Waals surface area contributed by atoms with Crippen LogP contribution in [0.1, 0.15) is 26.7 Å². The van der Waals surface area contributed by atoms with Crippen molar-refractivity contribution in [3.8, 4) is 11.3 Å². The van der Waals surface area contributed by atoms with Crippen molar-refractivity contribution in [1.82, 2.24) is 15.3 Å². The smallest absolute Gasteiger partial charge is 0.272 e. The largest absolute Gasteiger partial charge is 0.321 e. The highest BCUT2D eigenvalue weighted by Crippen LogP contribution is 2.38. The van der Waals surface area contributed by atoms with Crippen LogP contribution in [-0.4, -0.2) is 27.7 Å². The number of rotatable bonds is 11. The van der Waals surface area contributed by atoms with E-state index in [2.05, 4.69) is 25.9 Å². The summed E-state index contributed by atoms with van der Waals surface area (Å²) in [6, 6.07) is 34.0. The van der Waals surface area contributed by atoms with E-state index in [1.165, 1.54) is 23.1 Å². The number of halogens is 2. The highest BCUT2D eigenvalue weighted by Gasteiger charge is 2.24. The molecule has 2 heterocycles. The van der Waals surface area contributed by atoms with Gasteiger partial charge in [-0.05, 0) is 65.7 Å². The van der Waals surface area contributed by atoms with E-state index < -0.39 is 17.1 Å². The Morgan fingerprint density at radius 2 is 1.58 bits per heavy atom. The molecule has 0 saturated carbocycles. The van der Waals surface area contributed by atoms with Gasteiger partial charge in [-0.15, -0.1) is 23.1 Å². The standard InChI is InChI=1S/C38H27Cl2N5O3S2/c39-30-17-16-27(20-31(30)40)33-23-49-38(44-33)45-37(48)34(25-10-3-1-4-11-25)50-29-15-7-14-28(21-29)42-36(47)32(19-24-9-8-18-41-22-24)43-35(46)26-12-5-2-6-13-26/h1-23,34H,(H,42,47)(H,43,46)(H,44,45,48)/b32-19-. The van der Waals surface area contributed by atoms with Gasteiger partial charge in [0.2, 0.25) is 5.91 Å². The Bertz CT molecular complexity index is 2160. The molecule has 0 aliphatic rings. The van der Waals surface area contributed by atoms with E-state index in [4.69, 9.17) is 23.2 Å². The van der Waals surface area contributed by atoms with Gasteiger partial charge >= 0.3 is 0 Å². The Labute approximate surface area is 306 Å². The third-order valence-corrected chi connectivity index (χ3v) is 9.90. The molecule has 0 radical (unpaired) electrons. The normalized spacial score (nSPS) is 11.8. The van der Waals surface area contributed by atoms with Crippen LogP contribution < -0.4 is 16.0 Å². The maximum atomic E-state index is 13.8. The van der Waals surface area contributed by atoms with Crippen LogP contribution in [0.2, 0.25) is 10.0 Å². The van der Waals surface area contributed by atoms with Crippen molar-refractivity contribution in [1.29, 1.82) is 0 Å². The summed E-state index contributed by atoms with van der Waals surface area (Å²) in [5.41, 5.74) is 3.78. The molecule has 4 aromatic carbocycles. The van der Waals surface area contributed by atoms with Crippen LogP contribution in [0.4, 0.5) is 10.8 Å². The van der Waals surface area contributed by atoms with Gasteiger partial charge in [0.25, 0.3) is 11.8 Å². The zero-order valence-corrected chi connectivity index (χ0v) is 29.2. The number of aromatic nitrogens is 2. The molecular weight excluding hydrogens is 709 g/mol. The molecule has 0 spiro atoms. The summed E-state index contributed by atoms with van der Waals surface area (Å²) in [6.07, 6.45) is 4.77. The number of thioether (sulfide) groups is 1. The van der Waals surface area contributed by atoms with Gasteiger partial charge in [-0.1, -0.05) is 89.9 Å². The molecule has 6 aromatic rings. The number of nitrogens with zero attached hydrogens (tertiary/aromatic N) is 2. The zero-order chi connectivity index (χ0) is 34.9. The monoisotopic (exact) mass is 735 g/mol. The van der Waals surface area contributed by atoms with E-state index in [1.807, 2.05) is 47.8 Å². The van der Waals surface area contributed by atoms with Gasteiger partial charge in [-0.2, -0.15) is 0 Å². The number of benzene rings is 4. The lowest BCUT2D eigenvalue weighted by Gasteiger charge is -2.17. The molecular formula is C38H27Cl2N5O3S2. The van der Waals surface area contributed by atoms with Crippen molar-refractivity contribution in [2.24, 2.45) is 0 Å². The van der Waals surface area contributed by atoms with Crippen molar-refractivity contribution in [3.05, 3.63) is 165 Å². The van der Waals surface area contributed by atoms with Crippen LogP contribution >= 0.6 is 46.3 Å². The van der Waals surface area contributed by atoms with E-state index in [0.29, 0.717) is 37.7 Å². The Hall–Kier alpha value is -5.26. The van der Waals surface area contributed by atoms with E-state index in [-0.39, 0.29) is 11.6 Å². The second-order valence-electron chi connectivity index (χ2n) is 10.7. The molecule has 0 bridgehead atoms. The van der Waals surface area contributed by atoms with E-state index in [0.717, 1.165) is 16.0 Å². The highest BCUT2D eigenvalue weighted by atomic mass is 35.5. The molecule has 3 amide bonds. The summed E-state index contributed by atoms with van der Waals surface area (Å²) < 4.78 is 0. The minimum atomic E-state index is -0.648. The number of carbonyl (C=O) groups is 3. The van der Waals surface area contributed by atoms with Gasteiger partial charge < -0.3 is 16.0 Å². The number of thiazole rings is 1. The molecule has 1 unspecified atom stereocenters. The molecule has 0 fully saturated rings. The van der Waals surface area contributed by atoms with Crippen LogP contribution in [0, 0.1) is 0 Å². The second-order valence-corrected chi connectivity index (χ2v) is 13.6. The quantitative estimate of drug-likeness (QED) is 0.0903. The van der Waals surface area contributed by atoms with Gasteiger partial charge in [-0.25, -0.2) is 4.98 Å². The van der Waals surface area contributed by atoms with Gasteiger partial charge in [0.1, 0.15) is 10.9 Å². The Morgan fingerprint density at radius 3 is 2.32 bits per heavy atom. The number of amides is 3. The minimum Gasteiger partial charge on any atom is -0.321 e. The molecule has 0 aliphatic heterocycles. The lowest BCUT2D eigenvalue weighted by atomic mass is 10.1. The van der Waals surface area contributed by atoms with E-state index in [9.17, 15) is 14.4 Å². The molecule has 50 heavy (non-hydrogen) atoms. The molecule has 248 valence electrons. The lowest BCUT2D eigenvalue weighted by Crippen LogP contribution is -2.30. The summed E-state index contributed by atoms with van der Waals surface area (Å²) >= 11 is 14.9. The summed E-state index contributed by atoms with van der Waals surface area (Å²) in [5, 5.41) is 11.1. The van der Waals surface area contributed by atoms with Crippen molar-refractivity contribution in [2.75, 3.05) is 10.6 Å². The first-order valence-electron chi connectivity index (χ1n) is 15.2. The van der Waals surface area contributed by atoms with Crippen molar-refractivity contribution in [2.45, 2.75) is 10.1 Å². The number of anilines is 2. The molecule has 3 N–H and O–H groups in total. The Morgan fingerprint density at radius 1 is 0.800 bits per heavy atom. The fourth-order valence-corrected chi connectivity index (χ4v) is 6.85. The summed E-state index contributed by atoms with van der Waals surface area (Å²) in [5.74, 6) is -1.23. The molecule has 6 rings (SSSR count). The van der Waals surface area contributed by atoms with Crippen molar-refractivity contribution >= 4 is 80.9 Å². The summed E-state index contributed by atoms with van der Waals surface area (Å²) in [6.45, 7) is 0. The third-order valence-electron chi connectivity index (χ3n) is 7.16. The SMILES string of the molecule is O=C(Nc1cccc(SC(C(=O)Nc2nc(-c3ccc(Cl)c(Cl)c3)cs2)c2ccccc2)c1)/C(=C/c1cccnc1)NC(=O)c1ccccc1. The first-order valence-corrected chi connectivity index (χ1v) is 17.7. The predicted octanol–water partition coefficient (Wildman–Crippen LogP) is 9.39. The van der Waals surface area contributed by atoms with E-state index >= 15 is 0 Å². The van der Waals surface area contributed by atoms with Crippen LogP contribution in [0.25, 0.3) is 17.3 Å². The van der Waals surface area contributed by atoms with Crippen LogP contribution in [0.15, 0.2) is 144 Å². The maximum Gasteiger partial charge on any atom is 0.272 e. The third kappa shape index (κ3) is 9.04. The summed E-state index contributed by atoms with van der Waals surface area (Å²) in [4.78, 5) is 49.8. The fraction of sp³-hybridized carbons (Fsp3) is 0.0263. The van der Waals surface area contributed by atoms with E-state index in [1.54, 1.807) is 91.3 Å². The summed E-state index contributed by atoms with van der Waals surface area (Å²) in [7, 11) is 0. The van der Waals surface area contributed by atoms with Crippen molar-refractivity contribution < 1.29 is 14.4 Å². The lowest BCUT2D eigenvalue weighted by molar-refractivity contribution is -0.116. The number of carbonyl (C=O) groups excluding carboxylic acids is 3. The Kier molecular flexibility index (Phi) is 11.4. The molecule has 8 nitrogen and oxygen atoms in total. The topological polar surface area (TPSA) is 113 Å². The van der Waals surface area contributed by atoms with Gasteiger partial charge in [0, 0.05) is 39.5 Å². The number of hydrogen-bond donors (Lipinski definition) is 3. The second kappa shape index (κ2) is 16.4. The van der Waals surface area contributed by atoms with Gasteiger partial charge in [0.05, 0.1) is 15.7 Å². The number of hydrogen-bond acceptors (Lipinski definition) is 7.